The molecule has 0 radical (unpaired) electrons. The van der Waals surface area contributed by atoms with E-state index in [1.165, 1.54) is 12.3 Å². The minimum atomic E-state index is -0.634. The predicted molar refractivity (Wildman–Crippen MR) is 90.5 cm³/mol. The normalized spacial score (nSPS) is 10.7. The molecule has 0 spiro atoms. The van der Waals surface area contributed by atoms with Gasteiger partial charge in [-0.3, -0.25) is 4.79 Å². The van der Waals surface area contributed by atoms with E-state index in [1.807, 2.05) is 18.5 Å². The number of halogens is 2. The van der Waals surface area contributed by atoms with Crippen molar-refractivity contribution in [2.45, 2.75) is 6.92 Å². The van der Waals surface area contributed by atoms with Gasteiger partial charge in [-0.25, -0.2) is 9.97 Å². The third-order valence-electron chi connectivity index (χ3n) is 3.68. The van der Waals surface area contributed by atoms with Crippen LogP contribution in [0.3, 0.4) is 0 Å². The Labute approximate surface area is 143 Å². The second-order valence-electron chi connectivity index (χ2n) is 5.30. The molecule has 2 heterocycles. The Hall–Kier alpha value is -2.73. The average Bonchev–Trinajstić information content (AvgIpc) is 2.89. The van der Waals surface area contributed by atoms with Gasteiger partial charge in [-0.2, -0.15) is 4.39 Å². The van der Waals surface area contributed by atoms with E-state index in [2.05, 4.69) is 15.3 Å². The molecule has 1 amide bonds. The van der Waals surface area contributed by atoms with Gasteiger partial charge < -0.3 is 9.88 Å². The van der Waals surface area contributed by atoms with E-state index in [-0.39, 0.29) is 11.5 Å². The van der Waals surface area contributed by atoms with Crippen LogP contribution in [-0.4, -0.2) is 20.4 Å². The highest BCUT2D eigenvalue weighted by Gasteiger charge is 2.13. The van der Waals surface area contributed by atoms with E-state index in [9.17, 15) is 9.18 Å². The fourth-order valence-electron chi connectivity index (χ4n) is 2.23. The first-order valence-corrected chi connectivity index (χ1v) is 7.54. The maximum Gasteiger partial charge on any atom is 0.257 e. The summed E-state index contributed by atoms with van der Waals surface area (Å²) >= 11 is 6.27. The van der Waals surface area contributed by atoms with Crippen molar-refractivity contribution in [2.75, 3.05) is 5.32 Å². The zero-order valence-electron chi connectivity index (χ0n) is 13.0. The van der Waals surface area contributed by atoms with E-state index in [0.717, 1.165) is 11.8 Å². The van der Waals surface area contributed by atoms with Gasteiger partial charge in [0.25, 0.3) is 5.91 Å². The minimum Gasteiger partial charge on any atom is -0.331 e. The van der Waals surface area contributed by atoms with Gasteiger partial charge in [0, 0.05) is 36.4 Å². The van der Waals surface area contributed by atoms with Crippen LogP contribution in [0.5, 0.6) is 0 Å². The number of carbonyl (C=O) groups is 1. The second-order valence-corrected chi connectivity index (χ2v) is 5.71. The summed E-state index contributed by atoms with van der Waals surface area (Å²) in [6, 6.07) is 7.64. The fraction of sp³-hybridized carbons (Fsp3) is 0.118. The summed E-state index contributed by atoms with van der Waals surface area (Å²) in [6.07, 6.45) is 2.94. The molecule has 0 atom stereocenters. The Balaban J connectivity index is 1.90. The molecule has 0 fully saturated rings. The summed E-state index contributed by atoms with van der Waals surface area (Å²) in [5, 5.41) is 3.28. The van der Waals surface area contributed by atoms with Crippen molar-refractivity contribution < 1.29 is 9.18 Å². The molecule has 122 valence electrons. The Bertz CT molecular complexity index is 905. The summed E-state index contributed by atoms with van der Waals surface area (Å²) in [5.41, 5.74) is 2.53. The molecular formula is C17H14ClFN4O. The number of imidazole rings is 1. The first kappa shape index (κ1) is 16.1. The highest BCUT2D eigenvalue weighted by atomic mass is 35.5. The lowest BCUT2D eigenvalue weighted by Crippen LogP contribution is -2.12. The van der Waals surface area contributed by atoms with Crippen molar-refractivity contribution in [3.8, 4) is 11.4 Å². The molecular weight excluding hydrogens is 331 g/mol. The lowest BCUT2D eigenvalue weighted by Gasteiger charge is -2.10. The quantitative estimate of drug-likeness (QED) is 0.734. The third kappa shape index (κ3) is 3.14. The molecule has 0 unspecified atom stereocenters. The molecule has 0 saturated heterocycles. The topological polar surface area (TPSA) is 59.8 Å². The molecule has 7 heteroatoms. The SMILES string of the molecule is Cc1cnc(-c2cc(NC(=O)c3ccc(F)nc3)ccc2Cl)n1C. The summed E-state index contributed by atoms with van der Waals surface area (Å²) in [4.78, 5) is 20.0. The number of pyridine rings is 1. The summed E-state index contributed by atoms with van der Waals surface area (Å²) < 4.78 is 14.7. The number of nitrogens with one attached hydrogen (secondary N) is 1. The average molecular weight is 345 g/mol. The summed E-state index contributed by atoms with van der Waals surface area (Å²) in [6.45, 7) is 1.94. The molecule has 5 nitrogen and oxygen atoms in total. The van der Waals surface area contributed by atoms with Crippen molar-refractivity contribution in [3.63, 3.8) is 0 Å². The first-order chi connectivity index (χ1) is 11.5. The Kier molecular flexibility index (Phi) is 4.31. The number of carbonyl (C=O) groups excluding carboxylic acids is 1. The predicted octanol–water partition coefficient (Wildman–Crippen LogP) is 3.84. The maximum atomic E-state index is 12.8. The molecule has 24 heavy (non-hydrogen) atoms. The molecule has 0 bridgehead atoms. The Morgan fingerprint density at radius 2 is 2.00 bits per heavy atom. The number of rotatable bonds is 3. The molecule has 1 aromatic carbocycles. The Morgan fingerprint density at radius 1 is 1.21 bits per heavy atom. The molecule has 0 aliphatic carbocycles. The van der Waals surface area contributed by atoms with Crippen LogP contribution in [0.1, 0.15) is 16.1 Å². The number of hydrogen-bond acceptors (Lipinski definition) is 3. The fourth-order valence-corrected chi connectivity index (χ4v) is 2.43. The van der Waals surface area contributed by atoms with Crippen LogP contribution in [0.15, 0.2) is 42.7 Å². The van der Waals surface area contributed by atoms with Gasteiger partial charge in [0.2, 0.25) is 5.95 Å². The van der Waals surface area contributed by atoms with Gasteiger partial charge in [-0.05, 0) is 37.3 Å². The van der Waals surface area contributed by atoms with Crippen LogP contribution in [0.4, 0.5) is 10.1 Å². The third-order valence-corrected chi connectivity index (χ3v) is 4.00. The van der Waals surface area contributed by atoms with E-state index < -0.39 is 5.95 Å². The summed E-state index contributed by atoms with van der Waals surface area (Å²) in [7, 11) is 1.89. The lowest BCUT2D eigenvalue weighted by molar-refractivity contribution is 0.102. The molecule has 3 rings (SSSR count). The number of benzene rings is 1. The number of aromatic nitrogens is 3. The van der Waals surface area contributed by atoms with Crippen molar-refractivity contribution in [1.82, 2.24) is 14.5 Å². The summed E-state index contributed by atoms with van der Waals surface area (Å²) in [5.74, 6) is -0.311. The number of anilines is 1. The van der Waals surface area contributed by atoms with Crippen molar-refractivity contribution in [2.24, 2.45) is 7.05 Å². The number of amides is 1. The molecule has 0 aliphatic rings. The van der Waals surface area contributed by atoms with Crippen LogP contribution in [0.25, 0.3) is 11.4 Å². The van der Waals surface area contributed by atoms with Gasteiger partial charge in [0.05, 0.1) is 10.6 Å². The second kappa shape index (κ2) is 6.41. The van der Waals surface area contributed by atoms with Crippen molar-refractivity contribution >= 4 is 23.2 Å². The molecule has 0 aliphatic heterocycles. The van der Waals surface area contributed by atoms with Crippen molar-refractivity contribution in [1.29, 1.82) is 0 Å². The highest BCUT2D eigenvalue weighted by molar-refractivity contribution is 6.33. The Morgan fingerprint density at radius 3 is 2.62 bits per heavy atom. The largest absolute Gasteiger partial charge is 0.331 e. The van der Waals surface area contributed by atoms with Crippen LogP contribution < -0.4 is 5.32 Å². The van der Waals surface area contributed by atoms with Crippen LogP contribution in [-0.2, 0) is 7.05 Å². The maximum absolute atomic E-state index is 12.8. The van der Waals surface area contributed by atoms with E-state index >= 15 is 0 Å². The number of hydrogen-bond donors (Lipinski definition) is 1. The van der Waals surface area contributed by atoms with E-state index in [4.69, 9.17) is 11.6 Å². The van der Waals surface area contributed by atoms with E-state index in [1.54, 1.807) is 24.4 Å². The molecule has 3 aromatic rings. The van der Waals surface area contributed by atoms with Crippen LogP contribution in [0.2, 0.25) is 5.02 Å². The standard InChI is InChI=1S/C17H14ClFN4O/c1-10-8-21-16(23(10)2)13-7-12(4-5-14(13)18)22-17(24)11-3-6-15(19)20-9-11/h3-9H,1-2H3,(H,22,24). The molecule has 2 aromatic heterocycles. The zero-order chi connectivity index (χ0) is 17.3. The van der Waals surface area contributed by atoms with Crippen LogP contribution >= 0.6 is 11.6 Å². The van der Waals surface area contributed by atoms with Gasteiger partial charge in [-0.1, -0.05) is 11.6 Å². The van der Waals surface area contributed by atoms with Crippen molar-refractivity contribution in [3.05, 3.63) is 65.0 Å². The monoisotopic (exact) mass is 344 g/mol. The molecule has 1 N–H and O–H groups in total. The van der Waals surface area contributed by atoms with Gasteiger partial charge in [0.1, 0.15) is 5.82 Å². The number of aryl methyl sites for hydroxylation is 1. The zero-order valence-corrected chi connectivity index (χ0v) is 13.8. The number of nitrogens with zero attached hydrogens (tertiary/aromatic N) is 3. The van der Waals surface area contributed by atoms with Gasteiger partial charge in [-0.15, -0.1) is 0 Å². The first-order valence-electron chi connectivity index (χ1n) is 7.17. The highest BCUT2D eigenvalue weighted by Crippen LogP contribution is 2.30. The lowest BCUT2D eigenvalue weighted by atomic mass is 10.1. The minimum absolute atomic E-state index is 0.265. The smallest absolute Gasteiger partial charge is 0.257 e. The molecule has 0 saturated carbocycles. The van der Waals surface area contributed by atoms with E-state index in [0.29, 0.717) is 22.1 Å². The van der Waals surface area contributed by atoms with Crippen LogP contribution in [0, 0.1) is 12.9 Å². The van der Waals surface area contributed by atoms with Gasteiger partial charge in [0.15, 0.2) is 0 Å². The van der Waals surface area contributed by atoms with Gasteiger partial charge >= 0.3 is 0 Å².